The van der Waals surface area contributed by atoms with Crippen LogP contribution in [-0.4, -0.2) is 25.8 Å². The van der Waals surface area contributed by atoms with Gasteiger partial charge in [0.05, 0.1) is 19.8 Å². The predicted octanol–water partition coefficient (Wildman–Crippen LogP) is 2.46. The fraction of sp³-hybridized carbons (Fsp3) is 0.750. The maximum Gasteiger partial charge on any atom is 0.330 e. The molecule has 1 unspecified atom stereocenters. The van der Waals surface area contributed by atoms with Crippen LogP contribution in [0.3, 0.4) is 0 Å². The van der Waals surface area contributed by atoms with Gasteiger partial charge < -0.3 is 9.47 Å². The molecule has 1 aliphatic rings. The lowest BCUT2D eigenvalue weighted by Gasteiger charge is -1.97. The van der Waals surface area contributed by atoms with E-state index >= 15 is 0 Å². The highest BCUT2D eigenvalue weighted by atomic mass is 16.6. The summed E-state index contributed by atoms with van der Waals surface area (Å²) in [4.78, 5) is 10.7. The van der Waals surface area contributed by atoms with Crippen LogP contribution < -0.4 is 0 Å². The first-order valence-electron chi connectivity index (χ1n) is 5.69. The highest BCUT2D eigenvalue weighted by Gasteiger charge is 2.20. The van der Waals surface area contributed by atoms with Gasteiger partial charge in [-0.3, -0.25) is 0 Å². The molecule has 1 fully saturated rings. The molecule has 1 heterocycles. The van der Waals surface area contributed by atoms with Crippen molar-refractivity contribution in [3.05, 3.63) is 12.2 Å². The molecule has 0 radical (unpaired) electrons. The van der Waals surface area contributed by atoms with E-state index < -0.39 is 0 Å². The van der Waals surface area contributed by atoms with Gasteiger partial charge in [0, 0.05) is 6.08 Å². The summed E-state index contributed by atoms with van der Waals surface area (Å²) in [5.74, 6) is -0.263. The molecule has 0 bridgehead atoms. The first kappa shape index (κ1) is 12.2. The largest absolute Gasteiger partial charge is 0.466 e. The van der Waals surface area contributed by atoms with Gasteiger partial charge >= 0.3 is 5.97 Å². The number of carbonyl (C=O) groups excluding carboxylic acids is 1. The molecule has 0 saturated carbocycles. The van der Waals surface area contributed by atoms with Gasteiger partial charge in [-0.2, -0.15) is 0 Å². The number of epoxide rings is 1. The minimum absolute atomic E-state index is 0.263. The Morgan fingerprint density at radius 3 is 2.80 bits per heavy atom. The van der Waals surface area contributed by atoms with E-state index in [0.717, 1.165) is 19.4 Å². The summed E-state index contributed by atoms with van der Waals surface area (Å²) in [6.45, 7) is 0.974. The zero-order valence-corrected chi connectivity index (χ0v) is 9.41. The molecule has 1 rings (SSSR count). The van der Waals surface area contributed by atoms with Crippen LogP contribution in [0.1, 0.15) is 38.5 Å². The summed E-state index contributed by atoms with van der Waals surface area (Å²) in [6.07, 6.45) is 11.1. The molecule has 86 valence electrons. The van der Waals surface area contributed by atoms with Crippen molar-refractivity contribution >= 4 is 5.97 Å². The summed E-state index contributed by atoms with van der Waals surface area (Å²) in [5.41, 5.74) is 0. The minimum atomic E-state index is -0.263. The fourth-order valence-corrected chi connectivity index (χ4v) is 1.47. The Labute approximate surface area is 91.4 Å². The van der Waals surface area contributed by atoms with Crippen LogP contribution in [-0.2, 0) is 14.3 Å². The van der Waals surface area contributed by atoms with Crippen molar-refractivity contribution in [3.8, 4) is 0 Å². The third-order valence-electron chi connectivity index (χ3n) is 2.50. The second kappa shape index (κ2) is 7.46. The van der Waals surface area contributed by atoms with E-state index in [1.54, 1.807) is 0 Å². The molecule has 0 spiro atoms. The SMILES string of the molecule is COC(=O)C=CCCCCCCC1CO1. The molecule has 15 heavy (non-hydrogen) atoms. The van der Waals surface area contributed by atoms with Crippen molar-refractivity contribution in [3.63, 3.8) is 0 Å². The summed E-state index contributed by atoms with van der Waals surface area (Å²) in [6, 6.07) is 0. The number of methoxy groups -OCH3 is 1. The summed E-state index contributed by atoms with van der Waals surface area (Å²) < 4.78 is 9.62. The average molecular weight is 212 g/mol. The Hall–Kier alpha value is -0.830. The molecule has 0 N–H and O–H groups in total. The van der Waals surface area contributed by atoms with E-state index in [1.165, 1.54) is 38.9 Å². The van der Waals surface area contributed by atoms with Gasteiger partial charge in [-0.25, -0.2) is 4.79 Å². The zero-order chi connectivity index (χ0) is 10.9. The maximum atomic E-state index is 10.7. The Bertz CT molecular complexity index is 207. The molecule has 1 aliphatic heterocycles. The quantitative estimate of drug-likeness (QED) is 0.268. The third-order valence-corrected chi connectivity index (χ3v) is 2.50. The number of esters is 1. The van der Waals surface area contributed by atoms with Crippen LogP contribution in [0.4, 0.5) is 0 Å². The van der Waals surface area contributed by atoms with Gasteiger partial charge in [-0.05, 0) is 19.3 Å². The van der Waals surface area contributed by atoms with Gasteiger partial charge in [0.2, 0.25) is 0 Å². The minimum Gasteiger partial charge on any atom is -0.466 e. The second-order valence-electron chi connectivity index (χ2n) is 3.87. The van der Waals surface area contributed by atoms with Gasteiger partial charge in [0.1, 0.15) is 0 Å². The molecular formula is C12H20O3. The molecule has 0 aromatic heterocycles. The maximum absolute atomic E-state index is 10.7. The first-order valence-corrected chi connectivity index (χ1v) is 5.69. The topological polar surface area (TPSA) is 38.8 Å². The standard InChI is InChI=1S/C12H20O3/c1-14-12(13)9-7-5-3-2-4-6-8-11-10-15-11/h7,9,11H,2-6,8,10H2,1H3. The predicted molar refractivity (Wildman–Crippen MR) is 58.6 cm³/mol. The van der Waals surface area contributed by atoms with Crippen molar-refractivity contribution in [1.82, 2.24) is 0 Å². The van der Waals surface area contributed by atoms with E-state index in [9.17, 15) is 4.79 Å². The van der Waals surface area contributed by atoms with Crippen molar-refractivity contribution < 1.29 is 14.3 Å². The van der Waals surface area contributed by atoms with Gasteiger partial charge in [0.25, 0.3) is 0 Å². The molecule has 0 amide bonds. The monoisotopic (exact) mass is 212 g/mol. The van der Waals surface area contributed by atoms with Crippen LogP contribution in [0.5, 0.6) is 0 Å². The van der Waals surface area contributed by atoms with E-state index in [1.807, 2.05) is 6.08 Å². The number of rotatable bonds is 8. The number of hydrogen-bond acceptors (Lipinski definition) is 3. The van der Waals surface area contributed by atoms with E-state index in [4.69, 9.17) is 4.74 Å². The van der Waals surface area contributed by atoms with Crippen molar-refractivity contribution in [2.24, 2.45) is 0 Å². The molecule has 3 nitrogen and oxygen atoms in total. The number of hydrogen-bond donors (Lipinski definition) is 0. The van der Waals surface area contributed by atoms with E-state index in [0.29, 0.717) is 6.10 Å². The van der Waals surface area contributed by atoms with Crippen LogP contribution in [0.15, 0.2) is 12.2 Å². The number of unbranched alkanes of at least 4 members (excludes halogenated alkanes) is 4. The van der Waals surface area contributed by atoms with Gasteiger partial charge in [-0.1, -0.05) is 25.3 Å². The summed E-state index contributed by atoms with van der Waals surface area (Å²) in [7, 11) is 1.40. The lowest BCUT2D eigenvalue weighted by molar-refractivity contribution is -0.134. The second-order valence-corrected chi connectivity index (χ2v) is 3.87. The molecule has 1 saturated heterocycles. The fourth-order valence-electron chi connectivity index (χ4n) is 1.47. The summed E-state index contributed by atoms with van der Waals surface area (Å²) >= 11 is 0. The molecule has 0 aromatic rings. The molecular weight excluding hydrogens is 192 g/mol. The van der Waals surface area contributed by atoms with Gasteiger partial charge in [-0.15, -0.1) is 0 Å². The normalized spacial score (nSPS) is 19.4. The van der Waals surface area contributed by atoms with Crippen LogP contribution in [0, 0.1) is 0 Å². The van der Waals surface area contributed by atoms with Crippen LogP contribution >= 0.6 is 0 Å². The van der Waals surface area contributed by atoms with Gasteiger partial charge in [0.15, 0.2) is 0 Å². The lowest BCUT2D eigenvalue weighted by Crippen LogP contribution is -1.93. The Balaban J connectivity index is 1.79. The Morgan fingerprint density at radius 2 is 2.13 bits per heavy atom. The molecule has 0 aromatic carbocycles. The Kier molecular flexibility index (Phi) is 6.09. The Morgan fingerprint density at radius 1 is 1.40 bits per heavy atom. The average Bonchev–Trinajstić information content (AvgIpc) is 3.05. The van der Waals surface area contributed by atoms with Crippen LogP contribution in [0.2, 0.25) is 0 Å². The lowest BCUT2D eigenvalue weighted by atomic mass is 10.1. The van der Waals surface area contributed by atoms with E-state index in [-0.39, 0.29) is 5.97 Å². The number of allylic oxidation sites excluding steroid dienone is 1. The van der Waals surface area contributed by atoms with Crippen molar-refractivity contribution in [2.45, 2.75) is 44.6 Å². The highest BCUT2D eigenvalue weighted by Crippen LogP contribution is 2.17. The van der Waals surface area contributed by atoms with Crippen molar-refractivity contribution in [1.29, 1.82) is 0 Å². The van der Waals surface area contributed by atoms with Crippen LogP contribution in [0.25, 0.3) is 0 Å². The third kappa shape index (κ3) is 7.14. The number of carbonyl (C=O) groups is 1. The number of ether oxygens (including phenoxy) is 2. The first-order chi connectivity index (χ1) is 7.33. The highest BCUT2D eigenvalue weighted by molar-refractivity contribution is 5.81. The van der Waals surface area contributed by atoms with E-state index in [2.05, 4.69) is 4.74 Å². The molecule has 1 atom stereocenters. The smallest absolute Gasteiger partial charge is 0.330 e. The molecule has 3 heteroatoms. The van der Waals surface area contributed by atoms with Crippen molar-refractivity contribution in [2.75, 3.05) is 13.7 Å². The zero-order valence-electron chi connectivity index (χ0n) is 9.41. The molecule has 0 aliphatic carbocycles. The summed E-state index contributed by atoms with van der Waals surface area (Å²) in [5, 5.41) is 0.